The normalized spacial score (nSPS) is 9.92. The van der Waals surface area contributed by atoms with E-state index in [4.69, 9.17) is 5.73 Å². The molecule has 0 aliphatic heterocycles. The quantitative estimate of drug-likeness (QED) is 0.579. The van der Waals surface area contributed by atoms with Crippen LogP contribution in [0.1, 0.15) is 16.2 Å². The second-order valence-corrected chi connectivity index (χ2v) is 2.20. The van der Waals surface area contributed by atoms with Gasteiger partial charge in [0.15, 0.2) is 5.69 Å². The Bertz CT molecular complexity index is 294. The minimum absolute atomic E-state index is 0.179. The maximum absolute atomic E-state index is 11.1. The van der Waals surface area contributed by atoms with Crippen LogP contribution in [0.3, 0.4) is 0 Å². The highest BCUT2D eigenvalue weighted by Crippen LogP contribution is 2.03. The first kappa shape index (κ1) is 8.66. The number of nitrogens with zero attached hydrogens (tertiary/aromatic N) is 3. The zero-order valence-electron chi connectivity index (χ0n) is 6.94. The van der Waals surface area contributed by atoms with Crippen molar-refractivity contribution in [2.45, 2.75) is 6.54 Å². The van der Waals surface area contributed by atoms with Gasteiger partial charge in [0.25, 0.3) is 0 Å². The summed E-state index contributed by atoms with van der Waals surface area (Å²) in [6.07, 6.45) is 0. The van der Waals surface area contributed by atoms with E-state index < -0.39 is 5.97 Å². The molecule has 66 valence electrons. The van der Waals surface area contributed by atoms with Gasteiger partial charge in [-0.2, -0.15) is 0 Å². The zero-order valence-corrected chi connectivity index (χ0v) is 6.94. The lowest BCUT2D eigenvalue weighted by Gasteiger charge is -1.99. The number of esters is 1. The van der Waals surface area contributed by atoms with Crippen LogP contribution in [0.25, 0.3) is 0 Å². The highest BCUT2D eigenvalue weighted by Gasteiger charge is 2.17. The lowest BCUT2D eigenvalue weighted by molar-refractivity contribution is 0.0587. The molecule has 1 aromatic rings. The standard InChI is InChI=1S/C6H10N4O2/c1-10-5(6(11)12-2)4(3-7)8-9-10/h3,7H2,1-2H3. The second-order valence-electron chi connectivity index (χ2n) is 2.20. The topological polar surface area (TPSA) is 83.0 Å². The summed E-state index contributed by atoms with van der Waals surface area (Å²) < 4.78 is 5.86. The number of hydrogen-bond acceptors (Lipinski definition) is 5. The molecule has 0 saturated carbocycles. The minimum atomic E-state index is -0.469. The molecular weight excluding hydrogens is 160 g/mol. The van der Waals surface area contributed by atoms with E-state index in [1.807, 2.05) is 0 Å². The van der Waals surface area contributed by atoms with E-state index in [1.54, 1.807) is 7.05 Å². The van der Waals surface area contributed by atoms with E-state index in [0.717, 1.165) is 0 Å². The largest absolute Gasteiger partial charge is 0.464 e. The lowest BCUT2D eigenvalue weighted by atomic mass is 10.3. The first-order chi connectivity index (χ1) is 5.70. The fourth-order valence-electron chi connectivity index (χ4n) is 0.884. The molecule has 1 rings (SSSR count). The number of rotatable bonds is 2. The van der Waals surface area contributed by atoms with E-state index >= 15 is 0 Å². The molecule has 1 aromatic heterocycles. The molecule has 0 aliphatic rings. The van der Waals surface area contributed by atoms with Gasteiger partial charge < -0.3 is 10.5 Å². The van der Waals surface area contributed by atoms with Crippen molar-refractivity contribution in [2.24, 2.45) is 12.8 Å². The average molecular weight is 170 g/mol. The Balaban J connectivity index is 3.10. The average Bonchev–Trinajstić information content (AvgIpc) is 2.45. The first-order valence-corrected chi connectivity index (χ1v) is 3.37. The van der Waals surface area contributed by atoms with Crippen molar-refractivity contribution < 1.29 is 9.53 Å². The van der Waals surface area contributed by atoms with Gasteiger partial charge in [0.1, 0.15) is 5.69 Å². The Morgan fingerprint density at radius 3 is 2.92 bits per heavy atom. The molecule has 1 heterocycles. The molecule has 6 heteroatoms. The van der Waals surface area contributed by atoms with Crippen LogP contribution in [-0.2, 0) is 18.3 Å². The van der Waals surface area contributed by atoms with Crippen molar-refractivity contribution in [3.63, 3.8) is 0 Å². The molecule has 0 bridgehead atoms. The number of aromatic nitrogens is 3. The van der Waals surface area contributed by atoms with E-state index in [9.17, 15) is 4.79 Å². The fraction of sp³-hybridized carbons (Fsp3) is 0.500. The number of carbonyl (C=O) groups is 1. The summed E-state index contributed by atoms with van der Waals surface area (Å²) in [6, 6.07) is 0. The summed E-state index contributed by atoms with van der Waals surface area (Å²) in [5.41, 5.74) is 6.09. The predicted molar refractivity (Wildman–Crippen MR) is 40.2 cm³/mol. The number of carbonyl (C=O) groups excluding carboxylic acids is 1. The molecule has 0 atom stereocenters. The third-order valence-corrected chi connectivity index (χ3v) is 1.47. The van der Waals surface area contributed by atoms with Crippen molar-refractivity contribution in [3.8, 4) is 0 Å². The molecule has 0 unspecified atom stereocenters. The van der Waals surface area contributed by atoms with Gasteiger partial charge in [-0.1, -0.05) is 5.21 Å². The van der Waals surface area contributed by atoms with Crippen molar-refractivity contribution >= 4 is 5.97 Å². The van der Waals surface area contributed by atoms with E-state index in [1.165, 1.54) is 11.8 Å². The van der Waals surface area contributed by atoms with Gasteiger partial charge in [-0.15, -0.1) is 5.10 Å². The van der Waals surface area contributed by atoms with Crippen molar-refractivity contribution in [1.29, 1.82) is 0 Å². The van der Waals surface area contributed by atoms with Crippen LogP contribution in [0.5, 0.6) is 0 Å². The van der Waals surface area contributed by atoms with E-state index in [-0.39, 0.29) is 6.54 Å². The molecule has 12 heavy (non-hydrogen) atoms. The Morgan fingerprint density at radius 2 is 2.42 bits per heavy atom. The third-order valence-electron chi connectivity index (χ3n) is 1.47. The second kappa shape index (κ2) is 3.31. The smallest absolute Gasteiger partial charge is 0.358 e. The van der Waals surface area contributed by atoms with Gasteiger partial charge >= 0.3 is 5.97 Å². The molecule has 0 fully saturated rings. The van der Waals surface area contributed by atoms with Gasteiger partial charge in [-0.05, 0) is 0 Å². The molecule has 0 aromatic carbocycles. The molecular formula is C6H10N4O2. The number of ether oxygens (including phenoxy) is 1. The van der Waals surface area contributed by atoms with Crippen LogP contribution in [0.15, 0.2) is 0 Å². The Kier molecular flexibility index (Phi) is 2.39. The van der Waals surface area contributed by atoms with Crippen LogP contribution < -0.4 is 5.73 Å². The summed E-state index contributed by atoms with van der Waals surface area (Å²) in [7, 11) is 2.91. The van der Waals surface area contributed by atoms with Crippen LogP contribution in [0.2, 0.25) is 0 Å². The Hall–Kier alpha value is -1.43. The molecule has 0 amide bonds. The summed E-state index contributed by atoms with van der Waals surface area (Å²) in [5.74, 6) is -0.469. The number of hydrogen-bond donors (Lipinski definition) is 1. The van der Waals surface area contributed by atoms with Gasteiger partial charge in [0, 0.05) is 13.6 Å². The Morgan fingerprint density at radius 1 is 1.75 bits per heavy atom. The molecule has 2 N–H and O–H groups in total. The van der Waals surface area contributed by atoms with Gasteiger partial charge in [0.2, 0.25) is 0 Å². The van der Waals surface area contributed by atoms with E-state index in [0.29, 0.717) is 11.4 Å². The molecule has 0 radical (unpaired) electrons. The van der Waals surface area contributed by atoms with Crippen LogP contribution in [-0.4, -0.2) is 28.1 Å². The molecule has 0 spiro atoms. The third kappa shape index (κ3) is 1.28. The van der Waals surface area contributed by atoms with Crippen LogP contribution >= 0.6 is 0 Å². The highest BCUT2D eigenvalue weighted by atomic mass is 16.5. The maximum Gasteiger partial charge on any atom is 0.358 e. The molecule has 0 saturated heterocycles. The van der Waals surface area contributed by atoms with Crippen LogP contribution in [0, 0.1) is 0 Å². The minimum Gasteiger partial charge on any atom is -0.464 e. The van der Waals surface area contributed by atoms with Crippen molar-refractivity contribution in [3.05, 3.63) is 11.4 Å². The van der Waals surface area contributed by atoms with E-state index in [2.05, 4.69) is 15.0 Å². The summed E-state index contributed by atoms with van der Waals surface area (Å²) in [4.78, 5) is 11.1. The number of methoxy groups -OCH3 is 1. The Labute approximate surface area is 69.3 Å². The zero-order chi connectivity index (χ0) is 9.14. The molecule has 6 nitrogen and oxygen atoms in total. The first-order valence-electron chi connectivity index (χ1n) is 3.37. The van der Waals surface area contributed by atoms with Crippen molar-refractivity contribution in [1.82, 2.24) is 15.0 Å². The van der Waals surface area contributed by atoms with Gasteiger partial charge in [-0.3, -0.25) is 0 Å². The maximum atomic E-state index is 11.1. The van der Waals surface area contributed by atoms with Gasteiger partial charge in [0.05, 0.1) is 7.11 Å². The highest BCUT2D eigenvalue weighted by molar-refractivity contribution is 5.88. The lowest BCUT2D eigenvalue weighted by Crippen LogP contribution is -2.12. The number of aryl methyl sites for hydroxylation is 1. The summed E-state index contributed by atoms with van der Waals surface area (Å²) in [5, 5.41) is 7.33. The molecule has 0 aliphatic carbocycles. The SMILES string of the molecule is COC(=O)c1c(CN)nnn1C. The van der Waals surface area contributed by atoms with Gasteiger partial charge in [-0.25, -0.2) is 9.48 Å². The van der Waals surface area contributed by atoms with Crippen molar-refractivity contribution in [2.75, 3.05) is 7.11 Å². The van der Waals surface area contributed by atoms with Crippen LogP contribution in [0.4, 0.5) is 0 Å². The fourth-order valence-corrected chi connectivity index (χ4v) is 0.884. The summed E-state index contributed by atoms with van der Waals surface area (Å²) >= 11 is 0. The predicted octanol–water partition coefficient (Wildman–Crippen LogP) is -0.940. The number of nitrogens with two attached hydrogens (primary N) is 1. The summed E-state index contributed by atoms with van der Waals surface area (Å²) in [6.45, 7) is 0.179. The monoisotopic (exact) mass is 170 g/mol.